The minimum atomic E-state index is -3.54. The molecule has 0 saturated carbocycles. The van der Waals surface area contributed by atoms with Crippen molar-refractivity contribution in [1.29, 1.82) is 0 Å². The number of ether oxygens (including phenoxy) is 1. The highest BCUT2D eigenvalue weighted by Crippen LogP contribution is 2.21. The van der Waals surface area contributed by atoms with Crippen molar-refractivity contribution in [2.45, 2.75) is 17.9 Å². The number of hydrogen-bond donors (Lipinski definition) is 0. The highest BCUT2D eigenvalue weighted by Gasteiger charge is 2.27. The Bertz CT molecular complexity index is 840. The van der Waals surface area contributed by atoms with E-state index in [1.807, 2.05) is 6.07 Å². The Hall–Kier alpha value is -1.96. The van der Waals surface area contributed by atoms with E-state index in [-0.39, 0.29) is 10.7 Å². The first kappa shape index (κ1) is 18.8. The van der Waals surface area contributed by atoms with Crippen LogP contribution in [0.4, 0.5) is 4.39 Å². The lowest BCUT2D eigenvalue weighted by Gasteiger charge is -2.22. The molecular weight excluding hydrogens is 355 g/mol. The maximum Gasteiger partial charge on any atom is 0.243 e. The Morgan fingerprint density at radius 2 is 1.73 bits per heavy atom. The number of nitrogens with zero attached hydrogens (tertiary/aromatic N) is 2. The molecule has 5 nitrogen and oxygen atoms in total. The van der Waals surface area contributed by atoms with Gasteiger partial charge >= 0.3 is 0 Å². The van der Waals surface area contributed by atoms with Crippen molar-refractivity contribution in [1.82, 2.24) is 9.21 Å². The lowest BCUT2D eigenvalue weighted by molar-refractivity contribution is 0.274. The molecule has 1 aliphatic rings. The highest BCUT2D eigenvalue weighted by molar-refractivity contribution is 7.89. The molecule has 1 saturated heterocycles. The third-order valence-corrected chi connectivity index (χ3v) is 6.51. The van der Waals surface area contributed by atoms with Crippen LogP contribution in [0.3, 0.4) is 0 Å². The van der Waals surface area contributed by atoms with Crippen LogP contribution < -0.4 is 4.74 Å². The predicted molar refractivity (Wildman–Crippen MR) is 98.0 cm³/mol. The van der Waals surface area contributed by atoms with Crippen LogP contribution in [0.2, 0.25) is 0 Å². The molecule has 0 radical (unpaired) electrons. The average Bonchev–Trinajstić information content (AvgIpc) is 2.90. The van der Waals surface area contributed by atoms with Crippen molar-refractivity contribution in [3.63, 3.8) is 0 Å². The van der Waals surface area contributed by atoms with Crippen molar-refractivity contribution in [3.8, 4) is 5.75 Å². The van der Waals surface area contributed by atoms with Crippen LogP contribution in [0.1, 0.15) is 12.0 Å². The van der Waals surface area contributed by atoms with Crippen molar-refractivity contribution < 1.29 is 17.5 Å². The zero-order valence-corrected chi connectivity index (χ0v) is 15.6. The zero-order chi connectivity index (χ0) is 18.6. The summed E-state index contributed by atoms with van der Waals surface area (Å²) < 4.78 is 46.2. The molecule has 0 spiro atoms. The first-order chi connectivity index (χ1) is 12.5. The molecular formula is C19H23FN2O3S. The van der Waals surface area contributed by atoms with E-state index >= 15 is 0 Å². The van der Waals surface area contributed by atoms with Crippen LogP contribution in [0, 0.1) is 5.82 Å². The molecule has 0 atom stereocenters. The quantitative estimate of drug-likeness (QED) is 0.803. The summed E-state index contributed by atoms with van der Waals surface area (Å²) in [7, 11) is -1.99. The van der Waals surface area contributed by atoms with Crippen molar-refractivity contribution >= 4 is 10.0 Å². The third-order valence-electron chi connectivity index (χ3n) is 4.60. The third kappa shape index (κ3) is 4.23. The van der Waals surface area contributed by atoms with E-state index in [4.69, 9.17) is 4.74 Å². The van der Waals surface area contributed by atoms with Gasteiger partial charge in [0.05, 0.1) is 12.0 Å². The van der Waals surface area contributed by atoms with Crippen molar-refractivity contribution in [3.05, 3.63) is 59.9 Å². The molecule has 26 heavy (non-hydrogen) atoms. The van der Waals surface area contributed by atoms with Crippen LogP contribution in [0.25, 0.3) is 0 Å². The average molecular weight is 378 g/mol. The van der Waals surface area contributed by atoms with Gasteiger partial charge in [-0.15, -0.1) is 0 Å². The summed E-state index contributed by atoms with van der Waals surface area (Å²) in [4.78, 5) is 2.36. The monoisotopic (exact) mass is 378 g/mol. The smallest absolute Gasteiger partial charge is 0.243 e. The van der Waals surface area contributed by atoms with Crippen LogP contribution >= 0.6 is 0 Å². The second kappa shape index (κ2) is 8.16. The molecule has 140 valence electrons. The maximum absolute atomic E-state index is 13.9. The fraction of sp³-hybridized carbons (Fsp3) is 0.368. The van der Waals surface area contributed by atoms with Crippen LogP contribution in [0.15, 0.2) is 53.4 Å². The van der Waals surface area contributed by atoms with Gasteiger partial charge in [0.15, 0.2) is 0 Å². The van der Waals surface area contributed by atoms with E-state index < -0.39 is 10.0 Å². The number of halogens is 1. The summed E-state index contributed by atoms with van der Waals surface area (Å²) in [6, 6.07) is 13.1. The predicted octanol–water partition coefficient (Wildman–Crippen LogP) is 2.73. The Labute approximate surface area is 154 Å². The minimum absolute atomic E-state index is 0.223. The standard InChI is InChI=1S/C19H23FN2O3S/c1-25-17-7-9-18(10-8-17)26(23,24)22-12-4-11-21(13-14-22)15-16-5-2-3-6-19(16)20/h2-3,5-10H,4,11-15H2,1H3. The van der Waals surface area contributed by atoms with Crippen molar-refractivity contribution in [2.75, 3.05) is 33.3 Å². The maximum atomic E-state index is 13.9. The van der Waals surface area contributed by atoms with E-state index in [1.165, 1.54) is 10.4 Å². The number of methoxy groups -OCH3 is 1. The van der Waals surface area contributed by atoms with Gasteiger partial charge in [-0.25, -0.2) is 12.8 Å². The number of benzene rings is 2. The lowest BCUT2D eigenvalue weighted by Crippen LogP contribution is -2.35. The molecule has 3 rings (SSSR count). The normalized spacial score (nSPS) is 17.0. The minimum Gasteiger partial charge on any atom is -0.497 e. The molecule has 0 aliphatic carbocycles. The fourth-order valence-electron chi connectivity index (χ4n) is 3.11. The number of hydrogen-bond acceptors (Lipinski definition) is 4. The van der Waals surface area contributed by atoms with E-state index in [0.29, 0.717) is 43.9 Å². The topological polar surface area (TPSA) is 49.9 Å². The summed E-state index contributed by atoms with van der Waals surface area (Å²) in [5.74, 6) is 0.398. The van der Waals surface area contributed by atoms with Gasteiger partial charge in [-0.2, -0.15) is 4.31 Å². The molecule has 0 bridgehead atoms. The Morgan fingerprint density at radius 1 is 1.00 bits per heavy atom. The van der Waals surface area contributed by atoms with Crippen LogP contribution in [-0.4, -0.2) is 50.9 Å². The summed E-state index contributed by atoms with van der Waals surface area (Å²) in [5.41, 5.74) is 0.638. The summed E-state index contributed by atoms with van der Waals surface area (Å²) >= 11 is 0. The first-order valence-corrected chi connectivity index (χ1v) is 10.0. The summed E-state index contributed by atoms with van der Waals surface area (Å²) in [6.07, 6.45) is 0.712. The van der Waals surface area contributed by atoms with Crippen LogP contribution in [-0.2, 0) is 16.6 Å². The van der Waals surface area contributed by atoms with Gasteiger partial charge in [0.25, 0.3) is 0 Å². The second-order valence-corrected chi connectivity index (χ2v) is 8.24. The molecule has 0 N–H and O–H groups in total. The van der Waals surface area contributed by atoms with Gasteiger partial charge in [0, 0.05) is 31.7 Å². The summed E-state index contributed by atoms with van der Waals surface area (Å²) in [5, 5.41) is 0. The Kier molecular flexibility index (Phi) is 5.90. The van der Waals surface area contributed by atoms with Gasteiger partial charge in [0.2, 0.25) is 10.0 Å². The molecule has 1 fully saturated rings. The molecule has 1 aliphatic heterocycles. The SMILES string of the molecule is COc1ccc(S(=O)(=O)N2CCCN(Cc3ccccc3F)CC2)cc1. The van der Waals surface area contributed by atoms with E-state index in [0.717, 1.165) is 6.54 Å². The Morgan fingerprint density at radius 3 is 2.42 bits per heavy atom. The Balaban J connectivity index is 1.68. The first-order valence-electron chi connectivity index (χ1n) is 8.60. The van der Waals surface area contributed by atoms with Crippen LogP contribution in [0.5, 0.6) is 5.75 Å². The molecule has 0 unspecified atom stereocenters. The molecule has 7 heteroatoms. The number of rotatable bonds is 5. The van der Waals surface area contributed by atoms with E-state index in [9.17, 15) is 12.8 Å². The summed E-state index contributed by atoms with van der Waals surface area (Å²) in [6.45, 7) is 2.65. The van der Waals surface area contributed by atoms with E-state index in [1.54, 1.807) is 43.5 Å². The van der Waals surface area contributed by atoms with Gasteiger partial charge in [-0.3, -0.25) is 4.90 Å². The molecule has 0 amide bonds. The largest absolute Gasteiger partial charge is 0.497 e. The molecule has 0 aromatic heterocycles. The van der Waals surface area contributed by atoms with E-state index in [2.05, 4.69) is 4.90 Å². The zero-order valence-electron chi connectivity index (χ0n) is 14.8. The van der Waals surface area contributed by atoms with Gasteiger partial charge in [0.1, 0.15) is 11.6 Å². The second-order valence-electron chi connectivity index (χ2n) is 6.30. The lowest BCUT2D eigenvalue weighted by atomic mass is 10.2. The number of sulfonamides is 1. The molecule has 1 heterocycles. The van der Waals surface area contributed by atoms with Crippen molar-refractivity contribution in [2.24, 2.45) is 0 Å². The fourth-order valence-corrected chi connectivity index (χ4v) is 4.58. The highest BCUT2D eigenvalue weighted by atomic mass is 32.2. The van der Waals surface area contributed by atoms with Gasteiger partial charge in [-0.1, -0.05) is 18.2 Å². The van der Waals surface area contributed by atoms with Gasteiger partial charge in [-0.05, 0) is 43.3 Å². The van der Waals surface area contributed by atoms with Gasteiger partial charge < -0.3 is 4.74 Å². The molecule has 2 aromatic rings. The molecule has 2 aromatic carbocycles.